The quantitative estimate of drug-likeness (QED) is 0.938. The highest BCUT2D eigenvalue weighted by Gasteiger charge is 2.26. The monoisotopic (exact) mass is 334 g/mol. The molecule has 1 saturated heterocycles. The first-order valence-electron chi connectivity index (χ1n) is 7.63. The molecule has 1 aliphatic heterocycles. The Morgan fingerprint density at radius 3 is 2.54 bits per heavy atom. The number of likely N-dealkylation sites (tertiary alicyclic amines) is 1. The van der Waals surface area contributed by atoms with E-state index in [2.05, 4.69) is 5.32 Å². The van der Waals surface area contributed by atoms with E-state index < -0.39 is 17.5 Å². The fourth-order valence-electron chi connectivity index (χ4n) is 2.72. The Morgan fingerprint density at radius 2 is 1.92 bits per heavy atom. The minimum Gasteiger partial charge on any atom is -0.459 e. The molecule has 7 heteroatoms. The number of nitrogens with zero attached hydrogens (tertiary/aromatic N) is 1. The first kappa shape index (κ1) is 16.2. The Labute approximate surface area is 137 Å². The van der Waals surface area contributed by atoms with Gasteiger partial charge in [0, 0.05) is 25.2 Å². The topological polar surface area (TPSA) is 62.6 Å². The Balaban J connectivity index is 1.55. The Hall–Kier alpha value is -2.70. The van der Waals surface area contributed by atoms with E-state index in [0.29, 0.717) is 32.0 Å². The Morgan fingerprint density at radius 1 is 1.17 bits per heavy atom. The van der Waals surface area contributed by atoms with Crippen LogP contribution < -0.4 is 5.32 Å². The van der Waals surface area contributed by atoms with Crippen LogP contribution in [0.3, 0.4) is 0 Å². The van der Waals surface area contributed by atoms with Crippen LogP contribution in [0.25, 0.3) is 0 Å². The largest absolute Gasteiger partial charge is 0.459 e. The summed E-state index contributed by atoms with van der Waals surface area (Å²) in [5, 5.41) is 2.73. The van der Waals surface area contributed by atoms with Crippen LogP contribution in [0.1, 0.15) is 33.8 Å². The molecule has 2 aromatic rings. The molecule has 0 atom stereocenters. The van der Waals surface area contributed by atoms with Crippen LogP contribution in [0.4, 0.5) is 8.78 Å². The molecule has 1 aromatic heterocycles. The van der Waals surface area contributed by atoms with Crippen molar-refractivity contribution >= 4 is 11.8 Å². The van der Waals surface area contributed by atoms with Gasteiger partial charge in [-0.2, -0.15) is 0 Å². The number of hydrogen-bond acceptors (Lipinski definition) is 3. The lowest BCUT2D eigenvalue weighted by atomic mass is 10.0. The molecule has 0 radical (unpaired) electrons. The molecular formula is C17H16F2N2O3. The number of amides is 2. The molecule has 0 aliphatic carbocycles. The highest BCUT2D eigenvalue weighted by atomic mass is 19.1. The molecule has 2 amide bonds. The van der Waals surface area contributed by atoms with E-state index in [4.69, 9.17) is 4.42 Å². The molecule has 0 spiro atoms. The lowest BCUT2D eigenvalue weighted by Crippen LogP contribution is -2.46. The zero-order valence-corrected chi connectivity index (χ0v) is 12.8. The summed E-state index contributed by atoms with van der Waals surface area (Å²) in [4.78, 5) is 25.9. The molecule has 0 saturated carbocycles. The van der Waals surface area contributed by atoms with Crippen LogP contribution >= 0.6 is 0 Å². The van der Waals surface area contributed by atoms with Gasteiger partial charge in [0.1, 0.15) is 11.6 Å². The van der Waals surface area contributed by atoms with Gasteiger partial charge in [-0.15, -0.1) is 0 Å². The lowest BCUT2D eigenvalue weighted by Gasteiger charge is -2.31. The SMILES string of the molecule is O=C(NC1CCN(C(=O)c2ccco2)CC1)c1ccc(F)cc1F. The molecule has 2 heterocycles. The van der Waals surface area contributed by atoms with Gasteiger partial charge in [0.15, 0.2) is 5.76 Å². The van der Waals surface area contributed by atoms with Crippen molar-refractivity contribution in [2.45, 2.75) is 18.9 Å². The molecule has 1 fully saturated rings. The second kappa shape index (κ2) is 6.82. The van der Waals surface area contributed by atoms with Crippen LogP contribution in [0.2, 0.25) is 0 Å². The van der Waals surface area contributed by atoms with Crippen molar-refractivity contribution in [2.75, 3.05) is 13.1 Å². The highest BCUT2D eigenvalue weighted by Crippen LogP contribution is 2.16. The highest BCUT2D eigenvalue weighted by molar-refractivity contribution is 5.94. The molecule has 3 rings (SSSR count). The van der Waals surface area contributed by atoms with Crippen molar-refractivity contribution in [1.29, 1.82) is 0 Å². The van der Waals surface area contributed by atoms with Gasteiger partial charge < -0.3 is 14.6 Å². The minimum absolute atomic E-state index is 0.164. The summed E-state index contributed by atoms with van der Waals surface area (Å²) in [5.74, 6) is -2.10. The van der Waals surface area contributed by atoms with Crippen LogP contribution in [-0.4, -0.2) is 35.8 Å². The van der Waals surface area contributed by atoms with Crippen LogP contribution in [0.15, 0.2) is 41.0 Å². The number of halogens is 2. The number of benzene rings is 1. The van der Waals surface area contributed by atoms with E-state index in [1.54, 1.807) is 17.0 Å². The fraction of sp³-hybridized carbons (Fsp3) is 0.294. The van der Waals surface area contributed by atoms with Crippen molar-refractivity contribution in [2.24, 2.45) is 0 Å². The van der Waals surface area contributed by atoms with Gasteiger partial charge in [0.2, 0.25) is 0 Å². The van der Waals surface area contributed by atoms with Crippen molar-refractivity contribution < 1.29 is 22.8 Å². The Kier molecular flexibility index (Phi) is 4.59. The van der Waals surface area contributed by atoms with E-state index in [1.165, 1.54) is 6.26 Å². The predicted molar refractivity (Wildman–Crippen MR) is 81.5 cm³/mol. The second-order valence-electron chi connectivity index (χ2n) is 5.64. The number of nitrogens with one attached hydrogen (secondary N) is 1. The van der Waals surface area contributed by atoms with Gasteiger partial charge in [-0.05, 0) is 37.1 Å². The van der Waals surface area contributed by atoms with Gasteiger partial charge in [0.25, 0.3) is 11.8 Å². The zero-order chi connectivity index (χ0) is 17.1. The molecular weight excluding hydrogens is 318 g/mol. The van der Waals surface area contributed by atoms with Crippen LogP contribution in [-0.2, 0) is 0 Å². The third-order valence-electron chi connectivity index (χ3n) is 4.03. The molecule has 0 unspecified atom stereocenters. The average Bonchev–Trinajstić information content (AvgIpc) is 3.09. The van der Waals surface area contributed by atoms with Gasteiger partial charge in [0.05, 0.1) is 11.8 Å². The summed E-state index contributed by atoms with van der Waals surface area (Å²) >= 11 is 0. The summed E-state index contributed by atoms with van der Waals surface area (Å²) in [7, 11) is 0. The van der Waals surface area contributed by atoms with Gasteiger partial charge >= 0.3 is 0 Å². The van der Waals surface area contributed by atoms with Gasteiger partial charge in [-0.1, -0.05) is 0 Å². The zero-order valence-electron chi connectivity index (χ0n) is 12.8. The standard InChI is InChI=1S/C17H16F2N2O3/c18-11-3-4-13(14(19)10-11)16(22)20-12-5-7-21(8-6-12)17(23)15-2-1-9-24-15/h1-4,9-10,12H,5-8H2,(H,20,22). The van der Waals surface area contributed by atoms with E-state index >= 15 is 0 Å². The van der Waals surface area contributed by atoms with E-state index in [0.717, 1.165) is 12.1 Å². The van der Waals surface area contributed by atoms with E-state index in [-0.39, 0.29) is 23.3 Å². The van der Waals surface area contributed by atoms with Crippen molar-refractivity contribution in [3.63, 3.8) is 0 Å². The number of piperidine rings is 1. The number of rotatable bonds is 3. The molecule has 24 heavy (non-hydrogen) atoms. The van der Waals surface area contributed by atoms with Crippen molar-refractivity contribution in [3.05, 3.63) is 59.6 Å². The maximum absolute atomic E-state index is 13.6. The molecule has 5 nitrogen and oxygen atoms in total. The smallest absolute Gasteiger partial charge is 0.289 e. The summed E-state index contributed by atoms with van der Waals surface area (Å²) < 4.78 is 31.6. The van der Waals surface area contributed by atoms with Crippen molar-refractivity contribution in [3.8, 4) is 0 Å². The number of hydrogen-bond donors (Lipinski definition) is 1. The summed E-state index contributed by atoms with van der Waals surface area (Å²) in [6.45, 7) is 0.937. The third kappa shape index (κ3) is 3.45. The maximum atomic E-state index is 13.6. The number of carbonyl (C=O) groups excluding carboxylic acids is 2. The molecule has 126 valence electrons. The van der Waals surface area contributed by atoms with Crippen molar-refractivity contribution in [1.82, 2.24) is 10.2 Å². The summed E-state index contributed by atoms with van der Waals surface area (Å²) in [6, 6.07) is 5.94. The number of furan rings is 1. The van der Waals surface area contributed by atoms with Crippen LogP contribution in [0, 0.1) is 11.6 Å². The molecule has 0 bridgehead atoms. The summed E-state index contributed by atoms with van der Waals surface area (Å²) in [6.07, 6.45) is 2.56. The van der Waals surface area contributed by atoms with Gasteiger partial charge in [-0.3, -0.25) is 9.59 Å². The summed E-state index contributed by atoms with van der Waals surface area (Å²) in [5.41, 5.74) is -0.189. The first-order valence-corrected chi connectivity index (χ1v) is 7.63. The fourth-order valence-corrected chi connectivity index (χ4v) is 2.72. The lowest BCUT2D eigenvalue weighted by molar-refractivity contribution is 0.0667. The first-order chi connectivity index (χ1) is 11.5. The third-order valence-corrected chi connectivity index (χ3v) is 4.03. The normalized spacial score (nSPS) is 15.3. The predicted octanol–water partition coefficient (Wildman–Crippen LogP) is 2.59. The maximum Gasteiger partial charge on any atom is 0.289 e. The molecule has 1 N–H and O–H groups in total. The van der Waals surface area contributed by atoms with Crippen LogP contribution in [0.5, 0.6) is 0 Å². The Bertz CT molecular complexity index is 738. The minimum atomic E-state index is -0.891. The van der Waals surface area contributed by atoms with E-state index in [1.807, 2.05) is 0 Å². The second-order valence-corrected chi connectivity index (χ2v) is 5.64. The molecule has 1 aliphatic rings. The number of carbonyl (C=O) groups is 2. The van der Waals surface area contributed by atoms with Gasteiger partial charge in [-0.25, -0.2) is 8.78 Å². The molecule has 1 aromatic carbocycles. The van der Waals surface area contributed by atoms with E-state index in [9.17, 15) is 18.4 Å². The average molecular weight is 334 g/mol.